The van der Waals surface area contributed by atoms with Gasteiger partial charge in [-0.05, 0) is 42.0 Å². The molecule has 1 heterocycles. The standard InChI is InChI=1S/C21H21N5O4/c1-14(27)17-10-6-7-11-18(17)23-20(28)15(2)30-21(29)19(26-13-22-24-25-26)12-16-8-4-3-5-9-16/h3-11,13,15,19H,12H2,1-2H3,(H,23,28)/t15-,19+/m0/s1. The Hall–Kier alpha value is -3.88. The molecule has 1 amide bonds. The van der Waals surface area contributed by atoms with Crippen LogP contribution in [-0.2, 0) is 20.7 Å². The predicted octanol–water partition coefficient (Wildman–Crippen LogP) is 2.23. The van der Waals surface area contributed by atoms with Gasteiger partial charge >= 0.3 is 5.97 Å². The number of tetrazole rings is 1. The van der Waals surface area contributed by atoms with Crippen molar-refractivity contribution in [3.8, 4) is 0 Å². The molecule has 1 N–H and O–H groups in total. The van der Waals surface area contributed by atoms with Gasteiger partial charge in [-0.25, -0.2) is 9.48 Å². The third kappa shape index (κ3) is 5.13. The summed E-state index contributed by atoms with van der Waals surface area (Å²) in [6.45, 7) is 2.87. The molecule has 0 spiro atoms. The first-order chi connectivity index (χ1) is 14.5. The van der Waals surface area contributed by atoms with Gasteiger partial charge in [0.15, 0.2) is 17.9 Å². The Balaban J connectivity index is 1.70. The number of para-hydroxylation sites is 1. The molecule has 0 fully saturated rings. The Labute approximate surface area is 173 Å². The van der Waals surface area contributed by atoms with Crippen molar-refractivity contribution in [2.45, 2.75) is 32.4 Å². The Morgan fingerprint density at radius 1 is 1.07 bits per heavy atom. The van der Waals surface area contributed by atoms with E-state index in [1.807, 2.05) is 30.3 Å². The second kappa shape index (κ2) is 9.55. The Bertz CT molecular complexity index is 1020. The van der Waals surface area contributed by atoms with Crippen molar-refractivity contribution >= 4 is 23.3 Å². The van der Waals surface area contributed by atoms with Crippen LogP contribution in [-0.4, -0.2) is 44.0 Å². The summed E-state index contributed by atoms with van der Waals surface area (Å²) in [5.74, 6) is -1.38. The molecule has 0 aliphatic rings. The number of esters is 1. The fourth-order valence-electron chi connectivity index (χ4n) is 2.87. The summed E-state index contributed by atoms with van der Waals surface area (Å²) in [6.07, 6.45) is 0.529. The highest BCUT2D eigenvalue weighted by atomic mass is 16.5. The van der Waals surface area contributed by atoms with E-state index in [9.17, 15) is 14.4 Å². The molecule has 3 rings (SSSR count). The molecule has 154 valence electrons. The molecular weight excluding hydrogens is 386 g/mol. The number of anilines is 1. The van der Waals surface area contributed by atoms with Gasteiger partial charge in [-0.15, -0.1) is 5.10 Å². The number of ketones is 1. The number of Topliss-reactive ketones (excluding diaryl/α,β-unsaturated/α-hetero) is 1. The average molecular weight is 407 g/mol. The third-order valence-electron chi connectivity index (χ3n) is 4.45. The summed E-state index contributed by atoms with van der Waals surface area (Å²) < 4.78 is 6.69. The van der Waals surface area contributed by atoms with E-state index < -0.39 is 24.0 Å². The van der Waals surface area contributed by atoms with Gasteiger partial charge in [0.05, 0.1) is 5.69 Å². The number of aromatic nitrogens is 4. The van der Waals surface area contributed by atoms with Crippen molar-refractivity contribution in [3.05, 3.63) is 72.1 Å². The first kappa shape index (κ1) is 20.8. The van der Waals surface area contributed by atoms with E-state index >= 15 is 0 Å². The predicted molar refractivity (Wildman–Crippen MR) is 108 cm³/mol. The van der Waals surface area contributed by atoms with Crippen LogP contribution in [0.3, 0.4) is 0 Å². The quantitative estimate of drug-likeness (QED) is 0.449. The van der Waals surface area contributed by atoms with Gasteiger partial charge in [0.25, 0.3) is 5.91 Å². The minimum Gasteiger partial charge on any atom is -0.451 e. The molecule has 30 heavy (non-hydrogen) atoms. The summed E-state index contributed by atoms with van der Waals surface area (Å²) in [5, 5.41) is 13.6. The Kier molecular flexibility index (Phi) is 6.63. The van der Waals surface area contributed by atoms with E-state index in [-0.39, 0.29) is 5.78 Å². The molecular formula is C21H21N5O4. The van der Waals surface area contributed by atoms with Crippen molar-refractivity contribution in [2.75, 3.05) is 5.32 Å². The minimum absolute atomic E-state index is 0.183. The zero-order valence-electron chi connectivity index (χ0n) is 16.6. The minimum atomic E-state index is -1.09. The van der Waals surface area contributed by atoms with Crippen LogP contribution in [0, 0.1) is 0 Å². The van der Waals surface area contributed by atoms with Crippen LogP contribution in [0.1, 0.15) is 35.8 Å². The van der Waals surface area contributed by atoms with Gasteiger partial charge in [0.1, 0.15) is 6.33 Å². The highest BCUT2D eigenvalue weighted by Gasteiger charge is 2.28. The summed E-state index contributed by atoms with van der Waals surface area (Å²) in [4.78, 5) is 37.1. The van der Waals surface area contributed by atoms with Crippen LogP contribution in [0.4, 0.5) is 5.69 Å². The van der Waals surface area contributed by atoms with Crippen LogP contribution in [0.2, 0.25) is 0 Å². The molecule has 2 atom stereocenters. The Morgan fingerprint density at radius 2 is 1.77 bits per heavy atom. The molecule has 0 aliphatic heterocycles. The first-order valence-electron chi connectivity index (χ1n) is 9.33. The average Bonchev–Trinajstić information content (AvgIpc) is 3.27. The highest BCUT2D eigenvalue weighted by molar-refractivity contribution is 6.04. The Morgan fingerprint density at radius 3 is 2.43 bits per heavy atom. The molecule has 1 aromatic heterocycles. The van der Waals surface area contributed by atoms with Gasteiger partial charge in [-0.1, -0.05) is 42.5 Å². The summed E-state index contributed by atoms with van der Waals surface area (Å²) in [6, 6.07) is 15.1. The molecule has 0 aliphatic carbocycles. The van der Waals surface area contributed by atoms with Crippen molar-refractivity contribution in [1.29, 1.82) is 0 Å². The third-order valence-corrected chi connectivity index (χ3v) is 4.45. The molecule has 0 saturated heterocycles. The van der Waals surface area contributed by atoms with Crippen molar-refractivity contribution in [2.24, 2.45) is 0 Å². The molecule has 0 radical (unpaired) electrons. The van der Waals surface area contributed by atoms with Gasteiger partial charge in [0, 0.05) is 12.0 Å². The summed E-state index contributed by atoms with van der Waals surface area (Å²) in [5.41, 5.74) is 1.63. The van der Waals surface area contributed by atoms with Crippen LogP contribution < -0.4 is 5.32 Å². The maximum atomic E-state index is 12.8. The first-order valence-corrected chi connectivity index (χ1v) is 9.33. The van der Waals surface area contributed by atoms with E-state index in [2.05, 4.69) is 20.8 Å². The van der Waals surface area contributed by atoms with E-state index in [0.29, 0.717) is 17.7 Å². The van der Waals surface area contributed by atoms with Gasteiger partial charge in [-0.2, -0.15) is 0 Å². The number of nitrogens with one attached hydrogen (secondary N) is 1. The number of carbonyl (C=O) groups is 3. The fourth-order valence-corrected chi connectivity index (χ4v) is 2.87. The van der Waals surface area contributed by atoms with Crippen molar-refractivity contribution in [1.82, 2.24) is 20.2 Å². The number of hydrogen-bond donors (Lipinski definition) is 1. The number of amides is 1. The normalized spacial score (nSPS) is 12.6. The maximum Gasteiger partial charge on any atom is 0.332 e. The second-order valence-corrected chi connectivity index (χ2v) is 6.67. The lowest BCUT2D eigenvalue weighted by Crippen LogP contribution is -2.34. The van der Waals surface area contributed by atoms with Gasteiger partial charge in [0.2, 0.25) is 0 Å². The second-order valence-electron chi connectivity index (χ2n) is 6.67. The maximum absolute atomic E-state index is 12.8. The summed E-state index contributed by atoms with van der Waals surface area (Å²) >= 11 is 0. The largest absolute Gasteiger partial charge is 0.451 e. The molecule has 2 aromatic carbocycles. The molecule has 3 aromatic rings. The topological polar surface area (TPSA) is 116 Å². The molecule has 0 unspecified atom stereocenters. The molecule has 0 saturated carbocycles. The number of nitrogens with zero attached hydrogens (tertiary/aromatic N) is 4. The van der Waals surface area contributed by atoms with Crippen LogP contribution in [0.25, 0.3) is 0 Å². The zero-order chi connectivity index (χ0) is 21.5. The SMILES string of the molecule is CC(=O)c1ccccc1NC(=O)[C@H](C)OC(=O)[C@@H](Cc1ccccc1)n1cnnn1. The molecule has 0 bridgehead atoms. The van der Waals surface area contributed by atoms with Crippen LogP contribution in [0.15, 0.2) is 60.9 Å². The smallest absolute Gasteiger partial charge is 0.332 e. The number of rotatable bonds is 8. The number of hydrogen-bond acceptors (Lipinski definition) is 7. The number of carbonyl (C=O) groups excluding carboxylic acids is 3. The van der Waals surface area contributed by atoms with E-state index in [1.54, 1.807) is 24.3 Å². The number of benzene rings is 2. The lowest BCUT2D eigenvalue weighted by atomic mass is 10.1. The van der Waals surface area contributed by atoms with E-state index in [4.69, 9.17) is 4.74 Å². The number of ether oxygens (including phenoxy) is 1. The van der Waals surface area contributed by atoms with E-state index in [0.717, 1.165) is 5.56 Å². The highest BCUT2D eigenvalue weighted by Crippen LogP contribution is 2.18. The van der Waals surface area contributed by atoms with Gasteiger partial charge < -0.3 is 10.1 Å². The van der Waals surface area contributed by atoms with Crippen molar-refractivity contribution < 1.29 is 19.1 Å². The monoisotopic (exact) mass is 407 g/mol. The van der Waals surface area contributed by atoms with E-state index in [1.165, 1.54) is 24.9 Å². The molecule has 9 heteroatoms. The molecule has 9 nitrogen and oxygen atoms in total. The summed E-state index contributed by atoms with van der Waals surface area (Å²) in [7, 11) is 0. The van der Waals surface area contributed by atoms with Crippen molar-refractivity contribution in [3.63, 3.8) is 0 Å². The lowest BCUT2D eigenvalue weighted by Gasteiger charge is -2.19. The zero-order valence-corrected chi connectivity index (χ0v) is 16.6. The van der Waals surface area contributed by atoms with Crippen LogP contribution in [0.5, 0.6) is 0 Å². The lowest BCUT2D eigenvalue weighted by molar-refractivity contribution is -0.156. The fraction of sp³-hybridized carbons (Fsp3) is 0.238. The van der Waals surface area contributed by atoms with Crippen LogP contribution >= 0.6 is 0 Å². The van der Waals surface area contributed by atoms with Gasteiger partial charge in [-0.3, -0.25) is 9.59 Å².